The molecule has 3 rings (SSSR count). The third-order valence-corrected chi connectivity index (χ3v) is 4.25. The average molecular weight is 323 g/mol. The van der Waals surface area contributed by atoms with E-state index in [0.29, 0.717) is 13.0 Å². The van der Waals surface area contributed by atoms with Crippen LogP contribution in [0.4, 0.5) is 16.2 Å². The zero-order valence-electron chi connectivity index (χ0n) is 13.9. The van der Waals surface area contributed by atoms with Gasteiger partial charge in [0.1, 0.15) is 0 Å². The van der Waals surface area contributed by atoms with E-state index in [0.717, 1.165) is 22.5 Å². The molecule has 0 bridgehead atoms. The third-order valence-electron chi connectivity index (χ3n) is 4.25. The maximum Gasteiger partial charge on any atom is 0.319 e. The molecule has 1 saturated heterocycles. The average Bonchev–Trinajstić information content (AvgIpc) is 2.92. The van der Waals surface area contributed by atoms with Crippen LogP contribution in [-0.4, -0.2) is 24.5 Å². The highest BCUT2D eigenvalue weighted by Gasteiger charge is 2.31. The molecule has 24 heavy (non-hydrogen) atoms. The zero-order valence-corrected chi connectivity index (χ0v) is 13.9. The molecular formula is C19H21N3O2. The van der Waals surface area contributed by atoms with Crippen molar-refractivity contribution in [2.45, 2.75) is 26.3 Å². The first-order valence-electron chi connectivity index (χ1n) is 8.04. The molecule has 0 radical (unpaired) electrons. The number of amides is 3. The van der Waals surface area contributed by atoms with E-state index < -0.39 is 0 Å². The van der Waals surface area contributed by atoms with Gasteiger partial charge in [-0.25, -0.2) is 4.79 Å². The van der Waals surface area contributed by atoms with E-state index >= 15 is 0 Å². The molecule has 2 aromatic carbocycles. The molecule has 2 N–H and O–H groups in total. The molecule has 1 fully saturated rings. The van der Waals surface area contributed by atoms with Crippen molar-refractivity contribution in [3.63, 3.8) is 0 Å². The molecule has 0 spiro atoms. The van der Waals surface area contributed by atoms with Crippen LogP contribution in [0.1, 0.15) is 17.5 Å². The lowest BCUT2D eigenvalue weighted by Gasteiger charge is -2.18. The van der Waals surface area contributed by atoms with E-state index in [2.05, 4.69) is 10.6 Å². The summed E-state index contributed by atoms with van der Waals surface area (Å²) in [5, 5.41) is 5.79. The van der Waals surface area contributed by atoms with Gasteiger partial charge in [-0.15, -0.1) is 0 Å². The van der Waals surface area contributed by atoms with Gasteiger partial charge in [0, 0.05) is 24.3 Å². The fourth-order valence-corrected chi connectivity index (χ4v) is 3.01. The molecule has 1 aliphatic heterocycles. The molecule has 2 aromatic rings. The van der Waals surface area contributed by atoms with Crippen molar-refractivity contribution in [3.8, 4) is 0 Å². The summed E-state index contributed by atoms with van der Waals surface area (Å²) < 4.78 is 0. The molecule has 1 aliphatic rings. The monoisotopic (exact) mass is 323 g/mol. The quantitative estimate of drug-likeness (QED) is 0.911. The van der Waals surface area contributed by atoms with E-state index in [9.17, 15) is 9.59 Å². The Morgan fingerprint density at radius 2 is 1.71 bits per heavy atom. The minimum absolute atomic E-state index is 0.0265. The van der Waals surface area contributed by atoms with Gasteiger partial charge in [-0.2, -0.15) is 0 Å². The Labute approximate surface area is 141 Å². The zero-order chi connectivity index (χ0) is 17.1. The van der Waals surface area contributed by atoms with Crippen molar-refractivity contribution >= 4 is 23.3 Å². The summed E-state index contributed by atoms with van der Waals surface area (Å²) in [6.45, 7) is 4.40. The van der Waals surface area contributed by atoms with E-state index in [4.69, 9.17) is 0 Å². The van der Waals surface area contributed by atoms with Crippen LogP contribution >= 0.6 is 0 Å². The highest BCUT2D eigenvalue weighted by atomic mass is 16.2. The Balaban J connectivity index is 1.63. The summed E-state index contributed by atoms with van der Waals surface area (Å²) in [5.74, 6) is 0.0265. The van der Waals surface area contributed by atoms with Gasteiger partial charge >= 0.3 is 6.03 Å². The Bertz CT molecular complexity index is 738. The smallest absolute Gasteiger partial charge is 0.319 e. The van der Waals surface area contributed by atoms with Gasteiger partial charge in [0.2, 0.25) is 5.91 Å². The number of carbonyl (C=O) groups is 2. The second-order valence-corrected chi connectivity index (χ2v) is 6.11. The fraction of sp³-hybridized carbons (Fsp3) is 0.263. The summed E-state index contributed by atoms with van der Waals surface area (Å²) in [5.41, 5.74) is 3.71. The largest absolute Gasteiger partial charge is 0.333 e. The Morgan fingerprint density at radius 3 is 2.38 bits per heavy atom. The lowest BCUT2D eigenvalue weighted by molar-refractivity contribution is -0.117. The number of nitrogens with zero attached hydrogens (tertiary/aromatic N) is 1. The van der Waals surface area contributed by atoms with Crippen LogP contribution in [0.25, 0.3) is 0 Å². The van der Waals surface area contributed by atoms with Crippen molar-refractivity contribution in [2.75, 3.05) is 16.8 Å². The summed E-state index contributed by atoms with van der Waals surface area (Å²) in [6.07, 6.45) is 0.315. The minimum Gasteiger partial charge on any atom is -0.333 e. The van der Waals surface area contributed by atoms with Gasteiger partial charge in [0.15, 0.2) is 0 Å². The minimum atomic E-state index is -0.278. The summed E-state index contributed by atoms with van der Waals surface area (Å²) >= 11 is 0. The number of aryl methyl sites for hydroxylation is 2. The predicted molar refractivity (Wildman–Crippen MR) is 95.3 cm³/mol. The Kier molecular flexibility index (Phi) is 4.51. The molecule has 0 saturated carbocycles. The van der Waals surface area contributed by atoms with E-state index in [-0.39, 0.29) is 18.0 Å². The van der Waals surface area contributed by atoms with Crippen molar-refractivity contribution in [2.24, 2.45) is 0 Å². The second-order valence-electron chi connectivity index (χ2n) is 6.11. The van der Waals surface area contributed by atoms with Crippen LogP contribution in [0.3, 0.4) is 0 Å². The standard InChI is InChI=1S/C19H21N3O2/c1-13-7-6-8-14(2)18(13)21-19(24)20-15-11-17(23)22(12-15)16-9-4-3-5-10-16/h3-10,15H,11-12H2,1-2H3,(H2,20,21,24). The molecule has 1 heterocycles. The van der Waals surface area contributed by atoms with Crippen molar-refractivity contribution in [1.29, 1.82) is 0 Å². The Morgan fingerprint density at radius 1 is 1.04 bits per heavy atom. The van der Waals surface area contributed by atoms with E-state index in [1.807, 2.05) is 62.4 Å². The maximum atomic E-state index is 12.3. The molecule has 5 heteroatoms. The third kappa shape index (κ3) is 3.40. The lowest BCUT2D eigenvalue weighted by atomic mass is 10.1. The predicted octanol–water partition coefficient (Wildman–Crippen LogP) is 3.23. The number of para-hydroxylation sites is 2. The number of hydrogen-bond donors (Lipinski definition) is 2. The van der Waals surface area contributed by atoms with Gasteiger partial charge in [0.25, 0.3) is 0 Å². The molecule has 1 unspecified atom stereocenters. The van der Waals surface area contributed by atoms with E-state index in [1.165, 1.54) is 0 Å². The van der Waals surface area contributed by atoms with Crippen LogP contribution in [-0.2, 0) is 4.79 Å². The van der Waals surface area contributed by atoms with Crippen LogP contribution in [0.15, 0.2) is 48.5 Å². The van der Waals surface area contributed by atoms with Crippen LogP contribution < -0.4 is 15.5 Å². The number of hydrogen-bond acceptors (Lipinski definition) is 2. The maximum absolute atomic E-state index is 12.3. The summed E-state index contributed by atoms with van der Waals surface area (Å²) in [4.78, 5) is 26.2. The number of urea groups is 1. The number of benzene rings is 2. The van der Waals surface area contributed by atoms with Crippen molar-refractivity contribution < 1.29 is 9.59 Å². The second kappa shape index (κ2) is 6.74. The lowest BCUT2D eigenvalue weighted by Crippen LogP contribution is -2.40. The van der Waals surface area contributed by atoms with Gasteiger partial charge in [0.05, 0.1) is 6.04 Å². The van der Waals surface area contributed by atoms with Crippen molar-refractivity contribution in [1.82, 2.24) is 5.32 Å². The van der Waals surface area contributed by atoms with Gasteiger partial charge in [-0.3, -0.25) is 4.79 Å². The number of nitrogens with one attached hydrogen (secondary N) is 2. The first-order valence-corrected chi connectivity index (χ1v) is 8.04. The van der Waals surface area contributed by atoms with E-state index in [1.54, 1.807) is 4.90 Å². The normalized spacial score (nSPS) is 17.0. The highest BCUT2D eigenvalue weighted by Crippen LogP contribution is 2.22. The molecule has 1 atom stereocenters. The summed E-state index contributed by atoms with van der Waals surface area (Å²) in [6, 6.07) is 14.9. The fourth-order valence-electron chi connectivity index (χ4n) is 3.01. The van der Waals surface area contributed by atoms with Gasteiger partial charge < -0.3 is 15.5 Å². The number of rotatable bonds is 3. The number of carbonyl (C=O) groups excluding carboxylic acids is 2. The molecule has 3 amide bonds. The molecular weight excluding hydrogens is 302 g/mol. The highest BCUT2D eigenvalue weighted by molar-refractivity contribution is 5.97. The first kappa shape index (κ1) is 16.1. The van der Waals surface area contributed by atoms with Crippen LogP contribution in [0, 0.1) is 13.8 Å². The molecule has 5 nitrogen and oxygen atoms in total. The molecule has 124 valence electrons. The first-order chi connectivity index (χ1) is 11.5. The SMILES string of the molecule is Cc1cccc(C)c1NC(=O)NC1CC(=O)N(c2ccccc2)C1. The topological polar surface area (TPSA) is 61.4 Å². The van der Waals surface area contributed by atoms with Gasteiger partial charge in [-0.1, -0.05) is 36.4 Å². The van der Waals surface area contributed by atoms with Gasteiger partial charge in [-0.05, 0) is 37.1 Å². The summed E-state index contributed by atoms with van der Waals surface area (Å²) in [7, 11) is 0. The molecule has 0 aliphatic carbocycles. The van der Waals surface area contributed by atoms with Crippen molar-refractivity contribution in [3.05, 3.63) is 59.7 Å². The van der Waals surface area contributed by atoms with Crippen LogP contribution in [0.2, 0.25) is 0 Å². The number of anilines is 2. The Hall–Kier alpha value is -2.82. The van der Waals surface area contributed by atoms with Crippen LogP contribution in [0.5, 0.6) is 0 Å². The molecule has 0 aromatic heterocycles.